The summed E-state index contributed by atoms with van der Waals surface area (Å²) in [5, 5.41) is 9.72. The number of nitrogens with zero attached hydrogens (tertiary/aromatic N) is 1. The molecule has 0 saturated carbocycles. The number of phenols is 1. The van der Waals surface area contributed by atoms with E-state index in [0.29, 0.717) is 5.75 Å². The summed E-state index contributed by atoms with van der Waals surface area (Å²) in [5.41, 5.74) is 3.05. The molecular formula is C12H17NO. The van der Waals surface area contributed by atoms with Crippen molar-refractivity contribution < 1.29 is 5.11 Å². The third-order valence-electron chi connectivity index (χ3n) is 2.09. The first-order valence-corrected chi connectivity index (χ1v) is 4.65. The smallest absolute Gasteiger partial charge is 0.121 e. The van der Waals surface area contributed by atoms with Gasteiger partial charge in [0, 0.05) is 25.3 Å². The largest absolute Gasteiger partial charge is 0.508 e. The lowest BCUT2D eigenvalue weighted by Crippen LogP contribution is -2.11. The van der Waals surface area contributed by atoms with Crippen LogP contribution in [0.5, 0.6) is 5.75 Å². The van der Waals surface area contributed by atoms with Crippen LogP contribution in [-0.2, 0) is 6.42 Å². The van der Waals surface area contributed by atoms with Gasteiger partial charge in [0.25, 0.3) is 0 Å². The van der Waals surface area contributed by atoms with Gasteiger partial charge in [0.05, 0.1) is 0 Å². The molecule has 0 bridgehead atoms. The predicted molar refractivity (Wildman–Crippen MR) is 61.0 cm³/mol. The Labute approximate surface area is 85.5 Å². The summed E-state index contributed by atoms with van der Waals surface area (Å²) >= 11 is 0. The number of anilines is 1. The van der Waals surface area contributed by atoms with Crippen LogP contribution < -0.4 is 4.90 Å². The van der Waals surface area contributed by atoms with Crippen LogP contribution in [0, 0.1) is 0 Å². The van der Waals surface area contributed by atoms with Crippen molar-refractivity contribution >= 4 is 5.69 Å². The summed E-state index contributed by atoms with van der Waals surface area (Å²) in [5.74, 6) is 0.346. The van der Waals surface area contributed by atoms with Gasteiger partial charge < -0.3 is 10.0 Å². The highest BCUT2D eigenvalue weighted by molar-refractivity contribution is 5.59. The quantitative estimate of drug-likeness (QED) is 0.742. The molecule has 0 saturated heterocycles. The molecule has 1 aromatic carbocycles. The number of benzene rings is 1. The lowest BCUT2D eigenvalue weighted by atomic mass is 10.0. The van der Waals surface area contributed by atoms with Crippen molar-refractivity contribution in [2.24, 2.45) is 0 Å². The molecule has 0 radical (unpaired) electrons. The molecule has 0 aliphatic rings. The van der Waals surface area contributed by atoms with Gasteiger partial charge in [-0.15, -0.1) is 0 Å². The SMILES string of the molecule is C=C(C)Cc1c(O)cccc1N(C)C. The molecular weight excluding hydrogens is 174 g/mol. The second-order valence-electron chi connectivity index (χ2n) is 3.80. The monoisotopic (exact) mass is 191 g/mol. The highest BCUT2D eigenvalue weighted by atomic mass is 16.3. The van der Waals surface area contributed by atoms with Crippen LogP contribution in [0.15, 0.2) is 30.4 Å². The Kier molecular flexibility index (Phi) is 3.18. The summed E-state index contributed by atoms with van der Waals surface area (Å²) in [7, 11) is 3.94. The molecule has 0 heterocycles. The molecule has 0 aromatic heterocycles. The zero-order valence-corrected chi connectivity index (χ0v) is 9.04. The summed E-state index contributed by atoms with van der Waals surface area (Å²) in [6.45, 7) is 5.83. The van der Waals surface area contributed by atoms with Gasteiger partial charge in [0.2, 0.25) is 0 Å². The number of rotatable bonds is 3. The molecule has 2 nitrogen and oxygen atoms in total. The maximum atomic E-state index is 9.72. The third-order valence-corrected chi connectivity index (χ3v) is 2.09. The maximum Gasteiger partial charge on any atom is 0.121 e. The van der Waals surface area contributed by atoms with Gasteiger partial charge in [0.15, 0.2) is 0 Å². The molecule has 0 aliphatic heterocycles. The summed E-state index contributed by atoms with van der Waals surface area (Å²) in [4.78, 5) is 2.00. The van der Waals surface area contributed by atoms with E-state index >= 15 is 0 Å². The molecule has 1 aromatic rings. The highest BCUT2D eigenvalue weighted by Gasteiger charge is 2.08. The van der Waals surface area contributed by atoms with E-state index in [1.807, 2.05) is 38.1 Å². The molecule has 2 heteroatoms. The van der Waals surface area contributed by atoms with Crippen LogP contribution in [-0.4, -0.2) is 19.2 Å². The molecule has 1 rings (SSSR count). The first-order chi connectivity index (χ1) is 6.52. The third kappa shape index (κ3) is 2.28. The van der Waals surface area contributed by atoms with E-state index in [-0.39, 0.29) is 0 Å². The van der Waals surface area contributed by atoms with Gasteiger partial charge in [-0.2, -0.15) is 0 Å². The number of hydrogen-bond donors (Lipinski definition) is 1. The minimum atomic E-state index is 0.346. The fraction of sp³-hybridized carbons (Fsp3) is 0.333. The Hall–Kier alpha value is -1.44. The van der Waals surface area contributed by atoms with Crippen molar-refractivity contribution in [3.8, 4) is 5.75 Å². The zero-order valence-electron chi connectivity index (χ0n) is 9.04. The first kappa shape index (κ1) is 10.6. The van der Waals surface area contributed by atoms with E-state index in [1.54, 1.807) is 6.07 Å². The molecule has 14 heavy (non-hydrogen) atoms. The van der Waals surface area contributed by atoms with Gasteiger partial charge in [-0.05, 0) is 25.5 Å². The van der Waals surface area contributed by atoms with Crippen LogP contribution in [0.25, 0.3) is 0 Å². The lowest BCUT2D eigenvalue weighted by molar-refractivity contribution is 0.469. The molecule has 0 aliphatic carbocycles. The minimum Gasteiger partial charge on any atom is -0.508 e. The lowest BCUT2D eigenvalue weighted by Gasteiger charge is -2.18. The van der Waals surface area contributed by atoms with E-state index in [1.165, 1.54) is 0 Å². The zero-order chi connectivity index (χ0) is 10.7. The molecule has 0 spiro atoms. The molecule has 1 N–H and O–H groups in total. The highest BCUT2D eigenvalue weighted by Crippen LogP contribution is 2.29. The van der Waals surface area contributed by atoms with Crippen LogP contribution in [0.1, 0.15) is 12.5 Å². The number of hydrogen-bond acceptors (Lipinski definition) is 2. The van der Waals surface area contributed by atoms with Crippen LogP contribution in [0.2, 0.25) is 0 Å². The average Bonchev–Trinajstić information content (AvgIpc) is 2.07. The minimum absolute atomic E-state index is 0.346. The van der Waals surface area contributed by atoms with Gasteiger partial charge in [-0.1, -0.05) is 18.2 Å². The van der Waals surface area contributed by atoms with Crippen LogP contribution in [0.4, 0.5) is 5.69 Å². The Morgan fingerprint density at radius 2 is 2.07 bits per heavy atom. The van der Waals surface area contributed by atoms with Gasteiger partial charge in [-0.3, -0.25) is 0 Å². The Bertz CT molecular complexity index is 342. The topological polar surface area (TPSA) is 23.5 Å². The van der Waals surface area contributed by atoms with Crippen molar-refractivity contribution in [2.75, 3.05) is 19.0 Å². The van der Waals surface area contributed by atoms with E-state index in [0.717, 1.165) is 23.2 Å². The van der Waals surface area contributed by atoms with E-state index in [4.69, 9.17) is 0 Å². The standard InChI is InChI=1S/C12H17NO/c1-9(2)8-10-11(13(3)4)6-5-7-12(10)14/h5-7,14H,1,8H2,2-4H3. The maximum absolute atomic E-state index is 9.72. The van der Waals surface area contributed by atoms with Gasteiger partial charge >= 0.3 is 0 Å². The van der Waals surface area contributed by atoms with Crippen molar-refractivity contribution in [1.29, 1.82) is 0 Å². The van der Waals surface area contributed by atoms with Crippen molar-refractivity contribution in [1.82, 2.24) is 0 Å². The van der Waals surface area contributed by atoms with Gasteiger partial charge in [-0.25, -0.2) is 0 Å². The van der Waals surface area contributed by atoms with Gasteiger partial charge in [0.1, 0.15) is 5.75 Å². The van der Waals surface area contributed by atoms with Crippen LogP contribution >= 0.6 is 0 Å². The number of aromatic hydroxyl groups is 1. The second kappa shape index (κ2) is 4.18. The molecule has 76 valence electrons. The predicted octanol–water partition coefficient (Wildman–Crippen LogP) is 2.58. The summed E-state index contributed by atoms with van der Waals surface area (Å²) in [6, 6.07) is 5.57. The molecule has 0 unspecified atom stereocenters. The summed E-state index contributed by atoms with van der Waals surface area (Å²) in [6.07, 6.45) is 0.722. The normalized spacial score (nSPS) is 9.93. The van der Waals surface area contributed by atoms with Crippen molar-refractivity contribution in [3.05, 3.63) is 35.9 Å². The van der Waals surface area contributed by atoms with Crippen LogP contribution in [0.3, 0.4) is 0 Å². The van der Waals surface area contributed by atoms with Crippen molar-refractivity contribution in [2.45, 2.75) is 13.3 Å². The first-order valence-electron chi connectivity index (χ1n) is 4.65. The second-order valence-corrected chi connectivity index (χ2v) is 3.80. The average molecular weight is 191 g/mol. The fourth-order valence-corrected chi connectivity index (χ4v) is 1.46. The number of phenolic OH excluding ortho intramolecular Hbond substituents is 1. The van der Waals surface area contributed by atoms with E-state index in [2.05, 4.69) is 6.58 Å². The molecule has 0 amide bonds. The van der Waals surface area contributed by atoms with E-state index in [9.17, 15) is 5.11 Å². The molecule has 0 atom stereocenters. The Balaban J connectivity index is 3.15. The van der Waals surface area contributed by atoms with E-state index < -0.39 is 0 Å². The molecule has 0 fully saturated rings. The number of allylic oxidation sites excluding steroid dienone is 1. The summed E-state index contributed by atoms with van der Waals surface area (Å²) < 4.78 is 0. The Morgan fingerprint density at radius 3 is 2.57 bits per heavy atom. The fourth-order valence-electron chi connectivity index (χ4n) is 1.46. The Morgan fingerprint density at radius 1 is 1.43 bits per heavy atom. The van der Waals surface area contributed by atoms with Crippen molar-refractivity contribution in [3.63, 3.8) is 0 Å².